The number of H-pyrrole nitrogens is 1. The van der Waals surface area contributed by atoms with Crippen molar-refractivity contribution in [3.8, 4) is 29.1 Å². The van der Waals surface area contributed by atoms with Crippen LogP contribution in [0.1, 0.15) is 15.9 Å². The van der Waals surface area contributed by atoms with E-state index in [1.165, 1.54) is 33.5 Å². The van der Waals surface area contributed by atoms with Gasteiger partial charge in [-0.05, 0) is 42.5 Å². The minimum atomic E-state index is -0.433. The van der Waals surface area contributed by atoms with Crippen molar-refractivity contribution in [3.05, 3.63) is 65.4 Å². The average Bonchev–Trinajstić information content (AvgIpc) is 3.26. The van der Waals surface area contributed by atoms with Gasteiger partial charge in [-0.3, -0.25) is 4.79 Å². The van der Waals surface area contributed by atoms with Gasteiger partial charge in [0.15, 0.2) is 11.5 Å². The van der Waals surface area contributed by atoms with Gasteiger partial charge in [-0.25, -0.2) is 0 Å². The Balaban J connectivity index is 1.98. The number of carbonyl (C=O) groups is 1. The largest absolute Gasteiger partial charge is 0.497 e. The predicted molar refractivity (Wildman–Crippen MR) is 123 cm³/mol. The summed E-state index contributed by atoms with van der Waals surface area (Å²) in [6, 6.07) is 10.6. The van der Waals surface area contributed by atoms with Gasteiger partial charge in [-0.2, -0.15) is 5.26 Å². The Hall–Kier alpha value is -3.89. The van der Waals surface area contributed by atoms with E-state index in [0.717, 1.165) is 5.52 Å². The van der Waals surface area contributed by atoms with E-state index in [-0.39, 0.29) is 10.6 Å². The van der Waals surface area contributed by atoms with Gasteiger partial charge in [0, 0.05) is 33.3 Å². The molecule has 0 unspecified atom stereocenters. The minimum Gasteiger partial charge on any atom is -0.497 e. The highest BCUT2D eigenvalue weighted by atomic mass is 35.5. The van der Waals surface area contributed by atoms with Gasteiger partial charge in [0.05, 0.1) is 28.4 Å². The average molecular weight is 453 g/mol. The lowest BCUT2D eigenvalue weighted by Crippen LogP contribution is -2.01. The summed E-state index contributed by atoms with van der Waals surface area (Å²) in [4.78, 5) is 16.0. The Bertz CT molecular complexity index is 1240. The number of methoxy groups -OCH3 is 4. The third-order valence-corrected chi connectivity index (χ3v) is 5.18. The fraction of sp³-hybridized carbons (Fsp3) is 0.167. The van der Waals surface area contributed by atoms with Crippen LogP contribution in [-0.4, -0.2) is 39.2 Å². The fourth-order valence-electron chi connectivity index (χ4n) is 3.20. The van der Waals surface area contributed by atoms with Gasteiger partial charge in [-0.15, -0.1) is 0 Å². The number of benzene rings is 2. The number of aromatic nitrogens is 1. The lowest BCUT2D eigenvalue weighted by atomic mass is 10.0. The van der Waals surface area contributed by atoms with Gasteiger partial charge in [0.2, 0.25) is 11.5 Å². The highest BCUT2D eigenvalue weighted by Crippen LogP contribution is 2.40. The molecule has 7 nitrogen and oxygen atoms in total. The summed E-state index contributed by atoms with van der Waals surface area (Å²) in [7, 11) is 6.06. The van der Waals surface area contributed by atoms with Crippen LogP contribution in [0.2, 0.25) is 0 Å². The molecule has 0 atom stereocenters. The maximum absolute atomic E-state index is 13.0. The number of aromatic amines is 1. The number of carbonyl (C=O) groups excluding carboxylic acids is 1. The lowest BCUT2D eigenvalue weighted by molar-refractivity contribution is 0.104. The summed E-state index contributed by atoms with van der Waals surface area (Å²) < 4.78 is 21.2. The van der Waals surface area contributed by atoms with Crippen LogP contribution in [0.3, 0.4) is 0 Å². The van der Waals surface area contributed by atoms with E-state index in [0.29, 0.717) is 39.5 Å². The fourth-order valence-corrected chi connectivity index (χ4v) is 3.37. The van der Waals surface area contributed by atoms with E-state index >= 15 is 0 Å². The summed E-state index contributed by atoms with van der Waals surface area (Å²) in [5.41, 5.74) is 1.62. The molecular formula is C24H21ClN2O5. The van der Waals surface area contributed by atoms with E-state index in [1.54, 1.807) is 37.6 Å². The first-order valence-corrected chi connectivity index (χ1v) is 9.82. The molecule has 0 amide bonds. The lowest BCUT2D eigenvalue weighted by Gasteiger charge is -2.13. The molecule has 0 saturated heterocycles. The molecular weight excluding hydrogens is 432 g/mol. The summed E-state index contributed by atoms with van der Waals surface area (Å²) in [5.74, 6) is 1.47. The Kier molecular flexibility index (Phi) is 7.08. The van der Waals surface area contributed by atoms with Gasteiger partial charge in [-0.1, -0.05) is 11.6 Å². The monoisotopic (exact) mass is 452 g/mol. The van der Waals surface area contributed by atoms with Gasteiger partial charge >= 0.3 is 0 Å². The number of fused-ring (bicyclic) bond motifs is 1. The van der Waals surface area contributed by atoms with Crippen molar-refractivity contribution < 1.29 is 23.7 Å². The van der Waals surface area contributed by atoms with Gasteiger partial charge in [0.25, 0.3) is 0 Å². The number of halogens is 1. The van der Waals surface area contributed by atoms with E-state index in [1.807, 2.05) is 12.1 Å². The second kappa shape index (κ2) is 9.94. The van der Waals surface area contributed by atoms with Crippen LogP contribution in [-0.2, 0) is 0 Å². The van der Waals surface area contributed by atoms with Crippen molar-refractivity contribution in [2.75, 3.05) is 28.4 Å². The molecule has 0 spiro atoms. The molecule has 0 saturated carbocycles. The molecule has 0 fully saturated rings. The maximum Gasteiger partial charge on any atom is 0.205 e. The number of ether oxygens (including phenoxy) is 4. The highest BCUT2D eigenvalue weighted by Gasteiger charge is 2.18. The number of allylic oxidation sites excluding steroid dienone is 3. The van der Waals surface area contributed by atoms with Crippen LogP contribution >= 0.6 is 11.6 Å². The molecule has 0 aliphatic heterocycles. The molecule has 0 radical (unpaired) electrons. The van der Waals surface area contributed by atoms with Gasteiger partial charge < -0.3 is 23.9 Å². The second-order valence-electron chi connectivity index (χ2n) is 6.56. The van der Waals surface area contributed by atoms with Crippen molar-refractivity contribution in [2.24, 2.45) is 0 Å². The van der Waals surface area contributed by atoms with Crippen LogP contribution in [0.15, 0.2) is 54.3 Å². The van der Waals surface area contributed by atoms with Crippen molar-refractivity contribution in [1.29, 1.82) is 5.26 Å². The molecule has 164 valence electrons. The number of nitrogens with zero attached hydrogens (tertiary/aromatic N) is 1. The van der Waals surface area contributed by atoms with Crippen LogP contribution in [0.25, 0.3) is 15.9 Å². The first kappa shape index (κ1) is 22.8. The zero-order chi connectivity index (χ0) is 23.3. The maximum atomic E-state index is 13.0. The smallest absolute Gasteiger partial charge is 0.205 e. The molecule has 3 rings (SSSR count). The number of rotatable bonds is 8. The first-order chi connectivity index (χ1) is 15.5. The quantitative estimate of drug-likeness (QED) is 0.221. The zero-order valence-corrected chi connectivity index (χ0v) is 18.7. The summed E-state index contributed by atoms with van der Waals surface area (Å²) in [5, 5.41) is 10.5. The molecule has 1 heterocycles. The molecule has 32 heavy (non-hydrogen) atoms. The first-order valence-electron chi connectivity index (χ1n) is 9.45. The molecule has 0 aliphatic carbocycles. The Labute approximate surface area is 190 Å². The zero-order valence-electron chi connectivity index (χ0n) is 18.0. The van der Waals surface area contributed by atoms with Crippen LogP contribution < -0.4 is 18.9 Å². The molecule has 1 N–H and O–H groups in total. The Morgan fingerprint density at radius 2 is 1.69 bits per heavy atom. The van der Waals surface area contributed by atoms with Crippen LogP contribution in [0.4, 0.5) is 0 Å². The standard InChI is InChI=1S/C24H21ClN2O5/c1-29-16-6-8-20-17(11-16)18(13-27-20)23(28)14(12-26)5-7-19(25)15-9-21(30-2)24(32-4)22(10-15)31-3/h5-11,13,27H,1-4H3/b14-5+,19-7-. The molecule has 8 heteroatoms. The van der Waals surface area contributed by atoms with E-state index in [2.05, 4.69) is 4.98 Å². The third kappa shape index (κ3) is 4.41. The highest BCUT2D eigenvalue weighted by molar-refractivity contribution is 6.49. The molecule has 1 aromatic heterocycles. The normalized spacial score (nSPS) is 11.8. The summed E-state index contributed by atoms with van der Waals surface area (Å²) in [6.07, 6.45) is 4.43. The van der Waals surface area contributed by atoms with Crippen LogP contribution in [0.5, 0.6) is 23.0 Å². The SMILES string of the molecule is COc1ccc2[nH]cc(C(=O)/C(C#N)=C/C=C(\Cl)c3cc(OC)c(OC)c(OC)c3)c2c1. The molecule has 2 aromatic carbocycles. The third-order valence-electron chi connectivity index (χ3n) is 4.84. The topological polar surface area (TPSA) is 93.6 Å². The number of ketones is 1. The number of nitriles is 1. The summed E-state index contributed by atoms with van der Waals surface area (Å²) in [6.45, 7) is 0. The van der Waals surface area contributed by atoms with Crippen molar-refractivity contribution in [3.63, 3.8) is 0 Å². The Morgan fingerprint density at radius 3 is 2.25 bits per heavy atom. The van der Waals surface area contributed by atoms with Crippen LogP contribution in [0, 0.1) is 11.3 Å². The minimum absolute atomic E-state index is 0.0701. The van der Waals surface area contributed by atoms with Crippen molar-refractivity contribution in [1.82, 2.24) is 4.98 Å². The number of Topliss-reactive ketones (excluding diaryl/α,β-unsaturated/α-hetero) is 1. The molecule has 3 aromatic rings. The number of hydrogen-bond acceptors (Lipinski definition) is 6. The van der Waals surface area contributed by atoms with E-state index in [4.69, 9.17) is 30.5 Å². The van der Waals surface area contributed by atoms with E-state index in [9.17, 15) is 10.1 Å². The molecule has 0 aliphatic rings. The van der Waals surface area contributed by atoms with E-state index < -0.39 is 5.78 Å². The van der Waals surface area contributed by atoms with Gasteiger partial charge in [0.1, 0.15) is 17.4 Å². The van der Waals surface area contributed by atoms with Crippen molar-refractivity contribution in [2.45, 2.75) is 0 Å². The predicted octanol–water partition coefficient (Wildman–Crippen LogP) is 5.11. The number of nitrogens with one attached hydrogen (secondary N) is 1. The van der Waals surface area contributed by atoms with Crippen molar-refractivity contribution >= 4 is 33.3 Å². The Morgan fingerprint density at radius 1 is 1.00 bits per heavy atom. The second-order valence-corrected chi connectivity index (χ2v) is 6.97. The summed E-state index contributed by atoms with van der Waals surface area (Å²) >= 11 is 6.45. The number of hydrogen-bond donors (Lipinski definition) is 1. The molecule has 0 bridgehead atoms.